The van der Waals surface area contributed by atoms with Crippen LogP contribution < -0.4 is 10.1 Å². The fraction of sp³-hybridized carbons (Fsp3) is 0.235. The van der Waals surface area contributed by atoms with Gasteiger partial charge in [0.1, 0.15) is 12.4 Å². The number of amides is 1. The molecule has 2 aromatic rings. The van der Waals surface area contributed by atoms with Gasteiger partial charge in [-0.25, -0.2) is 8.42 Å². The second kappa shape index (κ2) is 6.45. The molecule has 1 aliphatic rings. The number of sulfone groups is 1. The van der Waals surface area contributed by atoms with Crippen LogP contribution in [0.2, 0.25) is 5.02 Å². The van der Waals surface area contributed by atoms with Crippen LogP contribution >= 0.6 is 11.6 Å². The molecule has 126 valence electrons. The first-order valence-corrected chi connectivity index (χ1v) is 9.62. The lowest BCUT2D eigenvalue weighted by Crippen LogP contribution is -2.32. The van der Waals surface area contributed by atoms with E-state index in [4.69, 9.17) is 16.3 Å². The lowest BCUT2D eigenvalue weighted by atomic mass is 9.96. The zero-order chi connectivity index (χ0) is 17.3. The van der Waals surface area contributed by atoms with Gasteiger partial charge in [0.05, 0.1) is 10.8 Å². The zero-order valence-electron chi connectivity index (χ0n) is 13.0. The second-order valence-electron chi connectivity index (χ2n) is 5.75. The second-order valence-corrected chi connectivity index (χ2v) is 8.21. The summed E-state index contributed by atoms with van der Waals surface area (Å²) in [6, 6.07) is 11.5. The number of benzene rings is 2. The molecular weight excluding hydrogens is 350 g/mol. The van der Waals surface area contributed by atoms with Crippen LogP contribution in [-0.2, 0) is 21.1 Å². The van der Waals surface area contributed by atoms with Gasteiger partial charge >= 0.3 is 0 Å². The number of carbonyl (C=O) groups excluding carboxylic acids is 1. The van der Waals surface area contributed by atoms with Gasteiger partial charge in [-0.05, 0) is 48.4 Å². The molecule has 0 fully saturated rings. The summed E-state index contributed by atoms with van der Waals surface area (Å²) in [5, 5.41) is 3.35. The lowest BCUT2D eigenvalue weighted by Gasteiger charge is -2.24. The number of carbonyl (C=O) groups is 1. The number of rotatable bonds is 3. The quantitative estimate of drug-likeness (QED) is 0.907. The molecular formula is C17H16ClNO4S. The maximum Gasteiger partial charge on any atom is 0.231 e. The molecule has 0 unspecified atom stereocenters. The molecule has 1 heterocycles. The minimum atomic E-state index is -3.32. The van der Waals surface area contributed by atoms with Crippen molar-refractivity contribution in [2.75, 3.05) is 18.2 Å². The Balaban J connectivity index is 1.74. The van der Waals surface area contributed by atoms with E-state index in [-0.39, 0.29) is 23.3 Å². The Hall–Kier alpha value is -2.05. The molecule has 0 aromatic heterocycles. The SMILES string of the molecule is CS(=O)(=O)c1cccc(NC(=O)[C@H]2COc3ccc(Cl)cc3C2)c1. The first-order chi connectivity index (χ1) is 11.3. The fourth-order valence-electron chi connectivity index (χ4n) is 2.58. The highest BCUT2D eigenvalue weighted by Crippen LogP contribution is 2.30. The van der Waals surface area contributed by atoms with Gasteiger partial charge in [-0.3, -0.25) is 4.79 Å². The van der Waals surface area contributed by atoms with Gasteiger partial charge < -0.3 is 10.1 Å². The number of hydrogen-bond acceptors (Lipinski definition) is 4. The van der Waals surface area contributed by atoms with Crippen molar-refractivity contribution in [1.29, 1.82) is 0 Å². The standard InChI is InChI=1S/C17H16ClNO4S/c1-24(21,22)15-4-2-3-14(9-15)19-17(20)12-7-11-8-13(18)5-6-16(11)23-10-12/h2-6,8-9,12H,7,10H2,1H3,(H,19,20)/t12-/m1/s1. The average Bonchev–Trinajstić information content (AvgIpc) is 2.53. The van der Waals surface area contributed by atoms with E-state index in [1.165, 1.54) is 12.1 Å². The van der Waals surface area contributed by atoms with Crippen LogP contribution in [0.5, 0.6) is 5.75 Å². The molecule has 1 aliphatic heterocycles. The van der Waals surface area contributed by atoms with Crippen molar-refractivity contribution in [1.82, 2.24) is 0 Å². The largest absolute Gasteiger partial charge is 0.492 e. The van der Waals surface area contributed by atoms with E-state index in [1.807, 2.05) is 0 Å². The molecule has 1 atom stereocenters. The van der Waals surface area contributed by atoms with Crippen molar-refractivity contribution in [3.05, 3.63) is 53.1 Å². The summed E-state index contributed by atoms with van der Waals surface area (Å²) in [7, 11) is -3.32. The summed E-state index contributed by atoms with van der Waals surface area (Å²) >= 11 is 5.98. The molecule has 0 saturated heterocycles. The highest BCUT2D eigenvalue weighted by atomic mass is 35.5. The Labute approximate surface area is 145 Å². The van der Waals surface area contributed by atoms with Gasteiger partial charge in [0.15, 0.2) is 9.84 Å². The normalized spacial score (nSPS) is 16.8. The molecule has 5 nitrogen and oxygen atoms in total. The number of anilines is 1. The molecule has 2 aromatic carbocycles. The molecule has 0 saturated carbocycles. The van der Waals surface area contributed by atoms with E-state index in [0.29, 0.717) is 17.1 Å². The molecule has 0 spiro atoms. The zero-order valence-corrected chi connectivity index (χ0v) is 14.5. The van der Waals surface area contributed by atoms with Crippen LogP contribution in [0.25, 0.3) is 0 Å². The minimum absolute atomic E-state index is 0.164. The van der Waals surface area contributed by atoms with Gasteiger partial charge in [0.25, 0.3) is 0 Å². The van der Waals surface area contributed by atoms with Gasteiger partial charge in [-0.2, -0.15) is 0 Å². The van der Waals surface area contributed by atoms with Gasteiger partial charge in [-0.15, -0.1) is 0 Å². The molecule has 0 aliphatic carbocycles. The topological polar surface area (TPSA) is 72.5 Å². The third kappa shape index (κ3) is 3.71. The van der Waals surface area contributed by atoms with Crippen molar-refractivity contribution in [2.45, 2.75) is 11.3 Å². The summed E-state index contributed by atoms with van der Waals surface area (Å²) < 4.78 is 28.8. The predicted molar refractivity (Wildman–Crippen MR) is 92.3 cm³/mol. The number of ether oxygens (including phenoxy) is 1. The van der Waals surface area contributed by atoms with Crippen LogP contribution in [0.3, 0.4) is 0 Å². The van der Waals surface area contributed by atoms with Crippen molar-refractivity contribution in [3.63, 3.8) is 0 Å². The van der Waals surface area contributed by atoms with Crippen LogP contribution in [0.4, 0.5) is 5.69 Å². The van der Waals surface area contributed by atoms with Crippen LogP contribution in [0.15, 0.2) is 47.4 Å². The van der Waals surface area contributed by atoms with Crippen molar-refractivity contribution in [3.8, 4) is 5.75 Å². The number of hydrogen-bond donors (Lipinski definition) is 1. The Kier molecular flexibility index (Phi) is 4.51. The third-order valence-corrected chi connectivity index (χ3v) is 5.17. The number of nitrogens with one attached hydrogen (secondary N) is 1. The Morgan fingerprint density at radius 2 is 2.04 bits per heavy atom. The smallest absolute Gasteiger partial charge is 0.231 e. The van der Waals surface area contributed by atoms with E-state index >= 15 is 0 Å². The van der Waals surface area contributed by atoms with Gasteiger partial charge in [0.2, 0.25) is 5.91 Å². The molecule has 7 heteroatoms. The molecule has 1 N–H and O–H groups in total. The van der Waals surface area contributed by atoms with Crippen LogP contribution in [0, 0.1) is 5.92 Å². The fourth-order valence-corrected chi connectivity index (χ4v) is 3.44. The van der Waals surface area contributed by atoms with E-state index in [9.17, 15) is 13.2 Å². The molecule has 0 radical (unpaired) electrons. The maximum atomic E-state index is 12.4. The average molecular weight is 366 g/mol. The Morgan fingerprint density at radius 1 is 1.25 bits per heavy atom. The van der Waals surface area contributed by atoms with E-state index in [1.54, 1.807) is 30.3 Å². The van der Waals surface area contributed by atoms with E-state index in [2.05, 4.69) is 5.32 Å². The number of fused-ring (bicyclic) bond motifs is 1. The van der Waals surface area contributed by atoms with Gasteiger partial charge in [-0.1, -0.05) is 17.7 Å². The number of halogens is 1. The van der Waals surface area contributed by atoms with Gasteiger partial charge in [0, 0.05) is 17.0 Å². The third-order valence-electron chi connectivity index (χ3n) is 3.83. The first kappa shape index (κ1) is 16.8. The van der Waals surface area contributed by atoms with Crippen LogP contribution in [-0.4, -0.2) is 27.2 Å². The Morgan fingerprint density at radius 3 is 2.79 bits per heavy atom. The molecule has 0 bridgehead atoms. The summed E-state index contributed by atoms with van der Waals surface area (Å²) in [4.78, 5) is 12.6. The summed E-state index contributed by atoms with van der Waals surface area (Å²) in [5.41, 5.74) is 1.33. The predicted octanol–water partition coefficient (Wildman–Crippen LogP) is 2.93. The summed E-state index contributed by atoms with van der Waals surface area (Å²) in [6.07, 6.45) is 1.65. The van der Waals surface area contributed by atoms with Crippen LogP contribution in [0.1, 0.15) is 5.56 Å². The monoisotopic (exact) mass is 365 g/mol. The first-order valence-electron chi connectivity index (χ1n) is 7.35. The molecule has 1 amide bonds. The molecule has 24 heavy (non-hydrogen) atoms. The highest BCUT2D eigenvalue weighted by Gasteiger charge is 2.26. The van der Waals surface area contributed by atoms with E-state index < -0.39 is 9.84 Å². The van der Waals surface area contributed by atoms with E-state index in [0.717, 1.165) is 17.6 Å². The molecule has 3 rings (SSSR count). The maximum absolute atomic E-state index is 12.4. The van der Waals surface area contributed by atoms with Crippen molar-refractivity contribution >= 4 is 33.0 Å². The van der Waals surface area contributed by atoms with Crippen molar-refractivity contribution < 1.29 is 17.9 Å². The van der Waals surface area contributed by atoms with Crippen molar-refractivity contribution in [2.24, 2.45) is 5.92 Å². The lowest BCUT2D eigenvalue weighted by molar-refractivity contribution is -0.121. The summed E-state index contributed by atoms with van der Waals surface area (Å²) in [6.45, 7) is 0.270. The highest BCUT2D eigenvalue weighted by molar-refractivity contribution is 7.90. The minimum Gasteiger partial charge on any atom is -0.492 e. The summed E-state index contributed by atoms with van der Waals surface area (Å²) in [5.74, 6) is 0.159. The Bertz CT molecular complexity index is 895.